The maximum atomic E-state index is 12.0. The summed E-state index contributed by atoms with van der Waals surface area (Å²) in [5, 5.41) is 13.8. The number of anilines is 2. The highest BCUT2D eigenvalue weighted by Crippen LogP contribution is 2.23. The molecule has 0 aliphatic carbocycles. The summed E-state index contributed by atoms with van der Waals surface area (Å²) in [6, 6.07) is 9.70. The van der Waals surface area contributed by atoms with Crippen LogP contribution in [0.2, 0.25) is 0 Å². The van der Waals surface area contributed by atoms with Crippen molar-refractivity contribution in [1.29, 1.82) is 0 Å². The van der Waals surface area contributed by atoms with E-state index in [2.05, 4.69) is 58.3 Å². The van der Waals surface area contributed by atoms with Gasteiger partial charge in [-0.1, -0.05) is 12.1 Å². The van der Waals surface area contributed by atoms with Crippen LogP contribution < -0.4 is 15.8 Å². The summed E-state index contributed by atoms with van der Waals surface area (Å²) in [6.45, 7) is 8.58. The predicted octanol–water partition coefficient (Wildman–Crippen LogP) is 2.80. The maximum Gasteiger partial charge on any atom is 0.286 e. The minimum atomic E-state index is -0.532. The molecule has 0 saturated heterocycles. The number of rotatable bonds is 6. The van der Waals surface area contributed by atoms with E-state index >= 15 is 0 Å². The van der Waals surface area contributed by atoms with Crippen molar-refractivity contribution in [2.45, 2.75) is 27.3 Å². The van der Waals surface area contributed by atoms with Gasteiger partial charge in [0.15, 0.2) is 5.65 Å². The minimum absolute atomic E-state index is 0.199. The van der Waals surface area contributed by atoms with Gasteiger partial charge in [-0.3, -0.25) is 4.79 Å². The Bertz CT molecular complexity index is 962. The summed E-state index contributed by atoms with van der Waals surface area (Å²) in [5.41, 5.74) is 3.26. The van der Waals surface area contributed by atoms with Crippen LogP contribution in [0.1, 0.15) is 25.1 Å². The molecule has 7 nitrogen and oxygen atoms in total. The zero-order valence-corrected chi connectivity index (χ0v) is 15.2. The van der Waals surface area contributed by atoms with Crippen LogP contribution >= 0.6 is 0 Å². The Balaban J connectivity index is 1.86. The lowest BCUT2D eigenvalue weighted by Crippen LogP contribution is -2.21. The smallest absolute Gasteiger partial charge is 0.286 e. The number of pyridine rings is 1. The van der Waals surface area contributed by atoms with Crippen LogP contribution in [0.15, 0.2) is 41.5 Å². The molecule has 1 aromatic carbocycles. The van der Waals surface area contributed by atoms with Gasteiger partial charge in [0, 0.05) is 31.4 Å². The molecule has 2 aromatic heterocycles. The standard InChI is InChI=1S/C19H23N5O2/c1-4-23(5-2)15-8-6-14(7-9-15)11-20-16-10-17(25)24(26)19-18(16)13(3)21-12-22-19/h6-10,12,20,26H,4-5,11H2,1-3H3. The summed E-state index contributed by atoms with van der Waals surface area (Å²) in [4.78, 5) is 22.4. The molecule has 3 aromatic rings. The van der Waals surface area contributed by atoms with Gasteiger partial charge >= 0.3 is 0 Å². The summed E-state index contributed by atoms with van der Waals surface area (Å²) in [6.07, 6.45) is 1.33. The molecule has 0 aliphatic rings. The number of hydrogen-bond acceptors (Lipinski definition) is 6. The second-order valence-electron chi connectivity index (χ2n) is 6.06. The Kier molecular flexibility index (Phi) is 5.06. The first-order valence-electron chi connectivity index (χ1n) is 8.69. The van der Waals surface area contributed by atoms with E-state index in [0.717, 1.165) is 18.7 Å². The van der Waals surface area contributed by atoms with Gasteiger partial charge in [-0.15, -0.1) is 4.73 Å². The Morgan fingerprint density at radius 3 is 2.50 bits per heavy atom. The largest absolute Gasteiger partial charge is 0.423 e. The van der Waals surface area contributed by atoms with E-state index in [9.17, 15) is 10.0 Å². The molecule has 0 atom stereocenters. The van der Waals surface area contributed by atoms with Crippen LogP contribution in [-0.2, 0) is 6.54 Å². The molecule has 7 heteroatoms. The fourth-order valence-electron chi connectivity index (χ4n) is 3.05. The predicted molar refractivity (Wildman–Crippen MR) is 103 cm³/mol. The molecule has 26 heavy (non-hydrogen) atoms. The molecule has 3 rings (SSSR count). The number of fused-ring (bicyclic) bond motifs is 1. The molecule has 0 spiro atoms. The average molecular weight is 353 g/mol. The highest BCUT2D eigenvalue weighted by atomic mass is 16.5. The molecule has 2 N–H and O–H groups in total. The monoisotopic (exact) mass is 353 g/mol. The molecule has 0 unspecified atom stereocenters. The topological polar surface area (TPSA) is 83.3 Å². The molecular formula is C19H23N5O2. The van der Waals surface area contributed by atoms with Crippen LogP contribution in [-0.4, -0.2) is 33.0 Å². The van der Waals surface area contributed by atoms with E-state index in [1.54, 1.807) is 0 Å². The van der Waals surface area contributed by atoms with Crippen molar-refractivity contribution >= 4 is 22.4 Å². The molecule has 2 heterocycles. The SMILES string of the molecule is CCN(CC)c1ccc(CNc2cc(=O)n(O)c3ncnc(C)c23)cc1. The van der Waals surface area contributed by atoms with Gasteiger partial charge in [0.2, 0.25) is 0 Å². The lowest BCUT2D eigenvalue weighted by Gasteiger charge is -2.21. The Morgan fingerprint density at radius 2 is 1.85 bits per heavy atom. The van der Waals surface area contributed by atoms with Crippen LogP contribution in [0.3, 0.4) is 0 Å². The first-order valence-corrected chi connectivity index (χ1v) is 8.69. The number of nitrogens with zero attached hydrogens (tertiary/aromatic N) is 4. The van der Waals surface area contributed by atoms with E-state index in [4.69, 9.17) is 0 Å². The third-order valence-electron chi connectivity index (χ3n) is 4.51. The maximum absolute atomic E-state index is 12.0. The highest BCUT2D eigenvalue weighted by molar-refractivity contribution is 5.90. The lowest BCUT2D eigenvalue weighted by molar-refractivity contribution is 0.186. The molecule has 0 saturated carbocycles. The highest BCUT2D eigenvalue weighted by Gasteiger charge is 2.12. The van der Waals surface area contributed by atoms with Crippen molar-refractivity contribution in [3.8, 4) is 0 Å². The van der Waals surface area contributed by atoms with Gasteiger partial charge in [-0.05, 0) is 38.5 Å². The Morgan fingerprint density at radius 1 is 1.15 bits per heavy atom. The fraction of sp³-hybridized carbons (Fsp3) is 0.316. The third-order valence-corrected chi connectivity index (χ3v) is 4.51. The van der Waals surface area contributed by atoms with E-state index in [0.29, 0.717) is 28.0 Å². The summed E-state index contributed by atoms with van der Waals surface area (Å²) < 4.78 is 0.550. The van der Waals surface area contributed by atoms with Gasteiger partial charge in [0.25, 0.3) is 5.56 Å². The zero-order chi connectivity index (χ0) is 18.7. The van der Waals surface area contributed by atoms with Crippen LogP contribution in [0.25, 0.3) is 11.0 Å². The second kappa shape index (κ2) is 7.43. The summed E-state index contributed by atoms with van der Waals surface area (Å²) in [7, 11) is 0. The number of benzene rings is 1. The first-order chi connectivity index (χ1) is 12.5. The van der Waals surface area contributed by atoms with E-state index < -0.39 is 5.56 Å². The molecule has 0 bridgehead atoms. The van der Waals surface area contributed by atoms with Crippen LogP contribution in [0.4, 0.5) is 11.4 Å². The van der Waals surface area contributed by atoms with Gasteiger partial charge in [0.05, 0.1) is 16.8 Å². The van der Waals surface area contributed by atoms with Crippen molar-refractivity contribution in [1.82, 2.24) is 14.7 Å². The molecule has 0 amide bonds. The average Bonchev–Trinajstić information content (AvgIpc) is 2.65. The lowest BCUT2D eigenvalue weighted by atomic mass is 10.1. The van der Waals surface area contributed by atoms with Crippen molar-refractivity contribution < 1.29 is 5.21 Å². The molecule has 0 fully saturated rings. The van der Waals surface area contributed by atoms with E-state index in [1.807, 2.05) is 6.92 Å². The molecular weight excluding hydrogens is 330 g/mol. The second-order valence-corrected chi connectivity index (χ2v) is 6.06. The molecule has 0 aliphatic heterocycles. The quantitative estimate of drug-likeness (QED) is 0.663. The van der Waals surface area contributed by atoms with Crippen molar-refractivity contribution in [3.05, 3.63) is 58.3 Å². The van der Waals surface area contributed by atoms with Gasteiger partial charge < -0.3 is 15.4 Å². The minimum Gasteiger partial charge on any atom is -0.423 e. The van der Waals surface area contributed by atoms with Crippen LogP contribution in [0.5, 0.6) is 0 Å². The number of aryl methyl sites for hydroxylation is 1. The first kappa shape index (κ1) is 17.7. The van der Waals surface area contributed by atoms with Gasteiger partial charge in [-0.25, -0.2) is 9.97 Å². The van der Waals surface area contributed by atoms with Gasteiger partial charge in [-0.2, -0.15) is 0 Å². The van der Waals surface area contributed by atoms with Gasteiger partial charge in [0.1, 0.15) is 6.33 Å². The van der Waals surface area contributed by atoms with Crippen molar-refractivity contribution in [2.75, 3.05) is 23.3 Å². The number of nitrogens with one attached hydrogen (secondary N) is 1. The Hall–Kier alpha value is -3.09. The van der Waals surface area contributed by atoms with E-state index in [-0.39, 0.29) is 5.65 Å². The van der Waals surface area contributed by atoms with E-state index in [1.165, 1.54) is 18.1 Å². The number of hydrogen-bond donors (Lipinski definition) is 2. The summed E-state index contributed by atoms with van der Waals surface area (Å²) >= 11 is 0. The Labute approximate surface area is 151 Å². The van der Waals surface area contributed by atoms with Crippen molar-refractivity contribution in [3.63, 3.8) is 0 Å². The molecule has 136 valence electrons. The van der Waals surface area contributed by atoms with Crippen molar-refractivity contribution in [2.24, 2.45) is 0 Å². The third kappa shape index (κ3) is 3.33. The summed E-state index contributed by atoms with van der Waals surface area (Å²) in [5.74, 6) is 0. The zero-order valence-electron chi connectivity index (χ0n) is 15.2. The number of aromatic nitrogens is 3. The fourth-order valence-corrected chi connectivity index (χ4v) is 3.05. The normalized spacial score (nSPS) is 10.9. The molecule has 0 radical (unpaired) electrons. The van der Waals surface area contributed by atoms with Crippen LogP contribution in [0, 0.1) is 6.92 Å².